The Morgan fingerprint density at radius 3 is 2.11 bits per heavy atom. The maximum atomic E-state index is 11.4. The van der Waals surface area contributed by atoms with E-state index in [1.54, 1.807) is 0 Å². The third kappa shape index (κ3) is 5.74. The van der Waals surface area contributed by atoms with Crippen LogP contribution in [0.2, 0.25) is 0 Å². The lowest BCUT2D eigenvalue weighted by Crippen LogP contribution is -2.41. The van der Waals surface area contributed by atoms with Gasteiger partial charge in [0, 0.05) is 18.3 Å². The lowest BCUT2D eigenvalue weighted by Gasteiger charge is -2.34. The summed E-state index contributed by atoms with van der Waals surface area (Å²) in [5, 5.41) is 3.45. The van der Waals surface area contributed by atoms with Crippen molar-refractivity contribution in [1.82, 2.24) is 5.32 Å². The predicted molar refractivity (Wildman–Crippen MR) is 80.9 cm³/mol. The minimum atomic E-state index is -2.96. The number of sulfone groups is 1. The maximum Gasteiger partial charge on any atom is 0.148 e. The summed E-state index contributed by atoms with van der Waals surface area (Å²) in [7, 11) is -2.96. The highest BCUT2D eigenvalue weighted by atomic mass is 32.2. The third-order valence-electron chi connectivity index (χ3n) is 3.00. The van der Waals surface area contributed by atoms with E-state index in [0.717, 1.165) is 0 Å². The molecule has 0 fully saturated rings. The van der Waals surface area contributed by atoms with Crippen LogP contribution in [0, 0.1) is 5.41 Å². The Kier molecular flexibility index (Phi) is 5.16. The van der Waals surface area contributed by atoms with Crippen molar-refractivity contribution in [1.29, 1.82) is 0 Å². The van der Waals surface area contributed by atoms with Crippen LogP contribution in [0.1, 0.15) is 39.3 Å². The lowest BCUT2D eigenvalue weighted by molar-refractivity contribution is 0.258. The molecule has 1 aromatic carbocycles. The second-order valence-corrected chi connectivity index (χ2v) is 8.55. The summed E-state index contributed by atoms with van der Waals surface area (Å²) >= 11 is 0. The van der Waals surface area contributed by atoms with Gasteiger partial charge in [0.2, 0.25) is 0 Å². The zero-order valence-electron chi connectivity index (χ0n) is 12.5. The molecule has 0 heterocycles. The maximum absolute atomic E-state index is 11.4. The largest absolute Gasteiger partial charge is 0.306 e. The average molecular weight is 283 g/mol. The summed E-state index contributed by atoms with van der Waals surface area (Å²) in [4.78, 5) is 0. The van der Waals surface area contributed by atoms with Crippen molar-refractivity contribution in [3.05, 3.63) is 35.9 Å². The molecular formula is C15H25NO2S. The molecule has 0 bridgehead atoms. The SMILES string of the molecule is CC(CS(C)(=O)=O)NC(c1ccccc1)C(C)(C)C. The van der Waals surface area contributed by atoms with Crippen molar-refractivity contribution in [2.45, 2.75) is 39.8 Å². The summed E-state index contributed by atoms with van der Waals surface area (Å²) in [6.07, 6.45) is 1.28. The van der Waals surface area contributed by atoms with E-state index in [9.17, 15) is 8.42 Å². The van der Waals surface area contributed by atoms with Gasteiger partial charge in [0.15, 0.2) is 0 Å². The van der Waals surface area contributed by atoms with Gasteiger partial charge in [0.1, 0.15) is 9.84 Å². The van der Waals surface area contributed by atoms with Gasteiger partial charge in [-0.15, -0.1) is 0 Å². The van der Waals surface area contributed by atoms with Crippen LogP contribution >= 0.6 is 0 Å². The topological polar surface area (TPSA) is 46.2 Å². The van der Waals surface area contributed by atoms with Crippen LogP contribution in [0.15, 0.2) is 30.3 Å². The second-order valence-electron chi connectivity index (χ2n) is 6.37. The van der Waals surface area contributed by atoms with Gasteiger partial charge in [-0.3, -0.25) is 0 Å². The van der Waals surface area contributed by atoms with E-state index >= 15 is 0 Å². The molecular weight excluding hydrogens is 258 g/mol. The van der Waals surface area contributed by atoms with E-state index in [2.05, 4.69) is 38.2 Å². The summed E-state index contributed by atoms with van der Waals surface area (Å²) in [5.41, 5.74) is 1.21. The first-order chi connectivity index (χ1) is 8.59. The van der Waals surface area contributed by atoms with Crippen molar-refractivity contribution < 1.29 is 8.42 Å². The fraction of sp³-hybridized carbons (Fsp3) is 0.600. The van der Waals surface area contributed by atoms with E-state index in [1.165, 1.54) is 11.8 Å². The van der Waals surface area contributed by atoms with Crippen molar-refractivity contribution in [2.24, 2.45) is 5.41 Å². The summed E-state index contributed by atoms with van der Waals surface area (Å²) < 4.78 is 22.7. The van der Waals surface area contributed by atoms with Gasteiger partial charge < -0.3 is 5.32 Å². The molecule has 0 aliphatic heterocycles. The minimum absolute atomic E-state index is 0.0209. The van der Waals surface area contributed by atoms with Crippen LogP contribution in [0.25, 0.3) is 0 Å². The Balaban J connectivity index is 2.89. The Bertz CT molecular complexity index is 489. The summed E-state index contributed by atoms with van der Waals surface area (Å²) in [6, 6.07) is 10.2. The first-order valence-corrected chi connectivity index (χ1v) is 8.64. The van der Waals surface area contributed by atoms with Gasteiger partial charge in [-0.2, -0.15) is 0 Å². The molecule has 4 heteroatoms. The zero-order valence-corrected chi connectivity index (χ0v) is 13.3. The molecule has 1 aromatic rings. The molecule has 0 radical (unpaired) electrons. The number of benzene rings is 1. The van der Waals surface area contributed by atoms with Crippen LogP contribution in [0.5, 0.6) is 0 Å². The monoisotopic (exact) mass is 283 g/mol. The van der Waals surface area contributed by atoms with Gasteiger partial charge in [0.25, 0.3) is 0 Å². The normalized spacial score (nSPS) is 16.1. The van der Waals surface area contributed by atoms with Crippen molar-refractivity contribution in [3.8, 4) is 0 Å². The molecule has 0 amide bonds. The number of nitrogens with one attached hydrogen (secondary N) is 1. The number of rotatable bonds is 5. The number of hydrogen-bond acceptors (Lipinski definition) is 3. The van der Waals surface area contributed by atoms with Gasteiger partial charge in [0.05, 0.1) is 5.75 Å². The van der Waals surface area contributed by atoms with E-state index in [4.69, 9.17) is 0 Å². The van der Waals surface area contributed by atoms with Crippen LogP contribution in [0.4, 0.5) is 0 Å². The molecule has 2 atom stereocenters. The average Bonchev–Trinajstić information content (AvgIpc) is 2.23. The highest BCUT2D eigenvalue weighted by molar-refractivity contribution is 7.90. The van der Waals surface area contributed by atoms with E-state index in [1.807, 2.05) is 25.1 Å². The molecule has 2 unspecified atom stereocenters. The Labute approximate surface area is 117 Å². The third-order valence-corrected chi connectivity index (χ3v) is 4.11. The Morgan fingerprint density at radius 1 is 1.16 bits per heavy atom. The Hall–Kier alpha value is -0.870. The quantitative estimate of drug-likeness (QED) is 0.904. The minimum Gasteiger partial charge on any atom is -0.306 e. The fourth-order valence-electron chi connectivity index (χ4n) is 2.28. The molecule has 0 aliphatic carbocycles. The van der Waals surface area contributed by atoms with E-state index in [0.29, 0.717) is 0 Å². The smallest absolute Gasteiger partial charge is 0.148 e. The molecule has 19 heavy (non-hydrogen) atoms. The van der Waals surface area contributed by atoms with Crippen molar-refractivity contribution in [3.63, 3.8) is 0 Å². The van der Waals surface area contributed by atoms with Crippen molar-refractivity contribution in [2.75, 3.05) is 12.0 Å². The lowest BCUT2D eigenvalue weighted by atomic mass is 9.82. The number of hydrogen-bond donors (Lipinski definition) is 1. The summed E-state index contributed by atoms with van der Waals surface area (Å²) in [6.45, 7) is 8.39. The molecule has 1 rings (SSSR count). The highest BCUT2D eigenvalue weighted by Crippen LogP contribution is 2.33. The van der Waals surface area contributed by atoms with Gasteiger partial charge in [-0.1, -0.05) is 51.1 Å². The summed E-state index contributed by atoms with van der Waals surface area (Å²) in [5.74, 6) is 0.159. The Morgan fingerprint density at radius 2 is 1.68 bits per heavy atom. The first kappa shape index (κ1) is 16.2. The highest BCUT2D eigenvalue weighted by Gasteiger charge is 2.27. The van der Waals surface area contributed by atoms with Crippen molar-refractivity contribution >= 4 is 9.84 Å². The van der Waals surface area contributed by atoms with E-state index < -0.39 is 9.84 Å². The van der Waals surface area contributed by atoms with Crippen LogP contribution in [-0.4, -0.2) is 26.5 Å². The van der Waals surface area contributed by atoms with Crippen LogP contribution < -0.4 is 5.32 Å². The molecule has 0 spiro atoms. The van der Waals surface area contributed by atoms with Crippen LogP contribution in [0.3, 0.4) is 0 Å². The fourth-order valence-corrected chi connectivity index (χ4v) is 3.28. The molecule has 0 aliphatic rings. The molecule has 0 aromatic heterocycles. The molecule has 1 N–H and O–H groups in total. The van der Waals surface area contributed by atoms with Crippen LogP contribution in [-0.2, 0) is 9.84 Å². The second kappa shape index (κ2) is 6.06. The van der Waals surface area contributed by atoms with E-state index in [-0.39, 0.29) is 23.3 Å². The van der Waals surface area contributed by atoms with Gasteiger partial charge in [-0.25, -0.2) is 8.42 Å². The predicted octanol–water partition coefficient (Wildman–Crippen LogP) is 2.80. The van der Waals surface area contributed by atoms with Gasteiger partial charge in [-0.05, 0) is 17.9 Å². The molecule has 0 saturated heterocycles. The van der Waals surface area contributed by atoms with Gasteiger partial charge >= 0.3 is 0 Å². The molecule has 3 nitrogen and oxygen atoms in total. The zero-order chi connectivity index (χ0) is 14.7. The standard InChI is InChI=1S/C15H25NO2S/c1-12(11-19(5,17)18)16-14(15(2,3)4)13-9-7-6-8-10-13/h6-10,12,14,16H,11H2,1-5H3. The molecule has 0 saturated carbocycles. The first-order valence-electron chi connectivity index (χ1n) is 6.58. The molecule has 108 valence electrons.